The molecular formula is C29H28N2O3. The standard InChI is InChI=1S/C29H28N2O3/c1-29(2,3)22-16-14-21(15-17-22)28(33)31-24-11-7-10-23(18-24)30-27(32)19-34-26-13-6-9-20-8-4-5-12-25(20)26/h4-18H,19H2,1-3H3,(H,30,32)(H,31,33). The Kier molecular flexibility index (Phi) is 6.64. The van der Waals surface area contributed by atoms with Gasteiger partial charge in [0.05, 0.1) is 0 Å². The lowest BCUT2D eigenvalue weighted by atomic mass is 9.87. The van der Waals surface area contributed by atoms with Gasteiger partial charge in [0.1, 0.15) is 5.75 Å². The highest BCUT2D eigenvalue weighted by atomic mass is 16.5. The van der Waals surface area contributed by atoms with Crippen LogP contribution in [-0.2, 0) is 10.2 Å². The Morgan fingerprint density at radius 1 is 0.765 bits per heavy atom. The Labute approximate surface area is 199 Å². The Morgan fingerprint density at radius 2 is 1.41 bits per heavy atom. The molecule has 0 unspecified atom stereocenters. The van der Waals surface area contributed by atoms with Gasteiger partial charge in [-0.3, -0.25) is 9.59 Å². The van der Waals surface area contributed by atoms with Gasteiger partial charge in [0.2, 0.25) is 0 Å². The minimum atomic E-state index is -0.283. The molecule has 0 saturated heterocycles. The third-order valence-corrected chi connectivity index (χ3v) is 5.53. The van der Waals surface area contributed by atoms with E-state index in [4.69, 9.17) is 4.74 Å². The summed E-state index contributed by atoms with van der Waals surface area (Å²) >= 11 is 0. The van der Waals surface area contributed by atoms with Gasteiger partial charge in [-0.05, 0) is 52.8 Å². The first-order chi connectivity index (χ1) is 16.3. The van der Waals surface area contributed by atoms with E-state index in [9.17, 15) is 9.59 Å². The monoisotopic (exact) mass is 452 g/mol. The van der Waals surface area contributed by atoms with Gasteiger partial charge in [0.25, 0.3) is 11.8 Å². The van der Waals surface area contributed by atoms with Crippen molar-refractivity contribution in [2.45, 2.75) is 26.2 Å². The number of amides is 2. The van der Waals surface area contributed by atoms with E-state index < -0.39 is 0 Å². The fourth-order valence-corrected chi connectivity index (χ4v) is 3.66. The lowest BCUT2D eigenvalue weighted by Gasteiger charge is -2.19. The number of hydrogen-bond donors (Lipinski definition) is 2. The average molecular weight is 453 g/mol. The lowest BCUT2D eigenvalue weighted by molar-refractivity contribution is -0.118. The molecule has 4 rings (SSSR count). The van der Waals surface area contributed by atoms with E-state index >= 15 is 0 Å². The van der Waals surface area contributed by atoms with E-state index in [-0.39, 0.29) is 23.8 Å². The van der Waals surface area contributed by atoms with Crippen molar-refractivity contribution in [3.63, 3.8) is 0 Å². The summed E-state index contributed by atoms with van der Waals surface area (Å²) in [7, 11) is 0. The minimum Gasteiger partial charge on any atom is -0.483 e. The van der Waals surface area contributed by atoms with Gasteiger partial charge in [-0.15, -0.1) is 0 Å². The van der Waals surface area contributed by atoms with Crippen LogP contribution in [0.1, 0.15) is 36.7 Å². The minimum absolute atomic E-state index is 0.0267. The fraction of sp³-hybridized carbons (Fsp3) is 0.172. The summed E-state index contributed by atoms with van der Waals surface area (Å²) in [6.45, 7) is 6.28. The number of carbonyl (C=O) groups excluding carboxylic acids is 2. The average Bonchev–Trinajstić information content (AvgIpc) is 2.82. The Bertz CT molecular complexity index is 1320. The molecule has 0 heterocycles. The van der Waals surface area contributed by atoms with Crippen molar-refractivity contribution in [2.24, 2.45) is 0 Å². The van der Waals surface area contributed by atoms with Gasteiger partial charge in [0, 0.05) is 22.3 Å². The van der Waals surface area contributed by atoms with E-state index in [1.54, 1.807) is 24.3 Å². The van der Waals surface area contributed by atoms with Crippen molar-refractivity contribution in [3.05, 3.63) is 102 Å². The molecular weight excluding hydrogens is 424 g/mol. The zero-order valence-corrected chi connectivity index (χ0v) is 19.6. The zero-order chi connectivity index (χ0) is 24.1. The largest absolute Gasteiger partial charge is 0.483 e. The number of hydrogen-bond acceptors (Lipinski definition) is 3. The van der Waals surface area contributed by atoms with Crippen LogP contribution in [0, 0.1) is 0 Å². The molecule has 0 aliphatic heterocycles. The van der Waals surface area contributed by atoms with Crippen LogP contribution < -0.4 is 15.4 Å². The van der Waals surface area contributed by atoms with Crippen molar-refractivity contribution < 1.29 is 14.3 Å². The van der Waals surface area contributed by atoms with Gasteiger partial charge in [0.15, 0.2) is 6.61 Å². The lowest BCUT2D eigenvalue weighted by Crippen LogP contribution is -2.20. The molecule has 0 bridgehead atoms. The molecule has 0 spiro atoms. The van der Waals surface area contributed by atoms with Crippen LogP contribution in [0.25, 0.3) is 10.8 Å². The maximum atomic E-state index is 12.7. The number of anilines is 2. The molecule has 0 fully saturated rings. The van der Waals surface area contributed by atoms with E-state index in [0.717, 1.165) is 10.8 Å². The first kappa shape index (κ1) is 23.1. The summed E-state index contributed by atoms with van der Waals surface area (Å²) in [5, 5.41) is 7.72. The van der Waals surface area contributed by atoms with E-state index in [1.807, 2.05) is 66.7 Å². The number of nitrogens with one attached hydrogen (secondary N) is 2. The summed E-state index contributed by atoms with van der Waals surface area (Å²) in [6, 6.07) is 28.3. The summed E-state index contributed by atoms with van der Waals surface area (Å²) in [5.74, 6) is 0.171. The van der Waals surface area contributed by atoms with Crippen molar-refractivity contribution in [3.8, 4) is 5.75 Å². The topological polar surface area (TPSA) is 67.4 Å². The summed E-state index contributed by atoms with van der Waals surface area (Å²) in [6.07, 6.45) is 0. The number of rotatable bonds is 6. The maximum Gasteiger partial charge on any atom is 0.262 e. The number of ether oxygens (including phenoxy) is 1. The third-order valence-electron chi connectivity index (χ3n) is 5.53. The highest BCUT2D eigenvalue weighted by Gasteiger charge is 2.14. The highest BCUT2D eigenvalue weighted by Crippen LogP contribution is 2.25. The second kappa shape index (κ2) is 9.79. The Hall–Kier alpha value is -4.12. The molecule has 0 aromatic heterocycles. The summed E-state index contributed by atoms with van der Waals surface area (Å²) in [5.41, 5.74) is 2.94. The van der Waals surface area contributed by atoms with Gasteiger partial charge in [-0.25, -0.2) is 0 Å². The number of fused-ring (bicyclic) bond motifs is 1. The van der Waals surface area contributed by atoms with E-state index in [2.05, 4.69) is 31.4 Å². The van der Waals surface area contributed by atoms with Crippen LogP contribution in [0.4, 0.5) is 11.4 Å². The Morgan fingerprint density at radius 3 is 2.15 bits per heavy atom. The predicted molar refractivity (Wildman–Crippen MR) is 138 cm³/mol. The van der Waals surface area contributed by atoms with Gasteiger partial charge in [-0.2, -0.15) is 0 Å². The molecule has 0 atom stereocenters. The van der Waals surface area contributed by atoms with Crippen molar-refractivity contribution in [2.75, 3.05) is 17.2 Å². The SMILES string of the molecule is CC(C)(C)c1ccc(C(=O)Nc2cccc(NC(=O)COc3cccc4ccccc34)c2)cc1. The predicted octanol–water partition coefficient (Wildman–Crippen LogP) is 6.41. The van der Waals surface area contributed by atoms with Gasteiger partial charge < -0.3 is 15.4 Å². The van der Waals surface area contributed by atoms with E-state index in [0.29, 0.717) is 22.7 Å². The second-order valence-corrected chi connectivity index (χ2v) is 9.18. The molecule has 0 aliphatic carbocycles. The van der Waals surface area contributed by atoms with Gasteiger partial charge in [-0.1, -0.05) is 75.4 Å². The molecule has 5 heteroatoms. The van der Waals surface area contributed by atoms with Crippen molar-refractivity contribution >= 4 is 34.0 Å². The maximum absolute atomic E-state index is 12.7. The van der Waals surface area contributed by atoms with Gasteiger partial charge >= 0.3 is 0 Å². The first-order valence-corrected chi connectivity index (χ1v) is 11.2. The normalized spacial score (nSPS) is 11.1. The van der Waals surface area contributed by atoms with Crippen LogP contribution >= 0.6 is 0 Å². The molecule has 0 aliphatic rings. The zero-order valence-electron chi connectivity index (χ0n) is 19.6. The molecule has 34 heavy (non-hydrogen) atoms. The van der Waals surface area contributed by atoms with Crippen molar-refractivity contribution in [1.29, 1.82) is 0 Å². The molecule has 0 radical (unpaired) electrons. The molecule has 0 saturated carbocycles. The highest BCUT2D eigenvalue weighted by molar-refractivity contribution is 6.04. The van der Waals surface area contributed by atoms with Crippen LogP contribution in [0.3, 0.4) is 0 Å². The van der Waals surface area contributed by atoms with Crippen LogP contribution in [0.5, 0.6) is 5.75 Å². The molecule has 172 valence electrons. The summed E-state index contributed by atoms with van der Waals surface area (Å²) in [4.78, 5) is 25.1. The molecule has 5 nitrogen and oxygen atoms in total. The Balaban J connectivity index is 1.36. The first-order valence-electron chi connectivity index (χ1n) is 11.2. The second-order valence-electron chi connectivity index (χ2n) is 9.18. The van der Waals surface area contributed by atoms with Crippen LogP contribution in [0.2, 0.25) is 0 Å². The summed E-state index contributed by atoms with van der Waals surface area (Å²) < 4.78 is 5.76. The smallest absolute Gasteiger partial charge is 0.262 e. The van der Waals surface area contributed by atoms with Crippen LogP contribution in [0.15, 0.2) is 91.0 Å². The number of benzene rings is 4. The third kappa shape index (κ3) is 5.62. The molecule has 4 aromatic rings. The van der Waals surface area contributed by atoms with Crippen LogP contribution in [-0.4, -0.2) is 18.4 Å². The molecule has 2 amide bonds. The molecule has 2 N–H and O–H groups in total. The van der Waals surface area contributed by atoms with E-state index in [1.165, 1.54) is 5.56 Å². The quantitative estimate of drug-likeness (QED) is 0.355. The number of carbonyl (C=O) groups is 2. The molecule has 4 aromatic carbocycles. The fourth-order valence-electron chi connectivity index (χ4n) is 3.66. The van der Waals surface area contributed by atoms with Crippen molar-refractivity contribution in [1.82, 2.24) is 0 Å².